The molecule has 5 nitrogen and oxygen atoms in total. The third-order valence-corrected chi connectivity index (χ3v) is 6.42. The molecule has 0 aliphatic carbocycles. The molecule has 0 aromatic heterocycles. The molecule has 0 spiro atoms. The Labute approximate surface area is 173 Å². The minimum atomic E-state index is -0.717. The van der Waals surface area contributed by atoms with Gasteiger partial charge < -0.3 is 10.0 Å². The van der Waals surface area contributed by atoms with Crippen molar-refractivity contribution in [3.63, 3.8) is 0 Å². The number of benzene rings is 1. The highest BCUT2D eigenvalue weighted by molar-refractivity contribution is 8.26. The lowest BCUT2D eigenvalue weighted by Crippen LogP contribution is -2.53. The average Bonchev–Trinajstić information content (AvgIpc) is 2.94. The highest BCUT2D eigenvalue weighted by atomic mass is 32.2. The first-order valence-electron chi connectivity index (χ1n) is 9.36. The van der Waals surface area contributed by atoms with Gasteiger partial charge in [0.1, 0.15) is 16.2 Å². The summed E-state index contributed by atoms with van der Waals surface area (Å²) in [6.07, 6.45) is 4.93. The Balaban J connectivity index is 1.78. The van der Waals surface area contributed by atoms with Gasteiger partial charge in [-0.1, -0.05) is 36.1 Å². The summed E-state index contributed by atoms with van der Waals surface area (Å²) in [5.74, 6) is -0.870. The lowest BCUT2D eigenvalue weighted by atomic mass is 9.98. The molecule has 1 N–H and O–H groups in total. The van der Waals surface area contributed by atoms with Gasteiger partial charge in [-0.2, -0.15) is 0 Å². The van der Waals surface area contributed by atoms with Crippen LogP contribution >= 0.6 is 24.0 Å². The average molecular weight is 423 g/mol. The quantitative estimate of drug-likeness (QED) is 0.583. The number of amides is 2. The topological polar surface area (TPSA) is 60.9 Å². The van der Waals surface area contributed by atoms with E-state index >= 15 is 0 Å². The Morgan fingerprint density at radius 2 is 2.25 bits per heavy atom. The van der Waals surface area contributed by atoms with E-state index in [9.17, 15) is 19.1 Å². The van der Waals surface area contributed by atoms with E-state index in [1.54, 1.807) is 30.0 Å². The van der Waals surface area contributed by atoms with Crippen LogP contribution in [0.5, 0.6) is 0 Å². The first kappa shape index (κ1) is 21.0. The van der Waals surface area contributed by atoms with Gasteiger partial charge >= 0.3 is 0 Å². The van der Waals surface area contributed by atoms with Crippen LogP contribution in [-0.4, -0.2) is 56.3 Å². The van der Waals surface area contributed by atoms with Crippen molar-refractivity contribution >= 4 is 46.2 Å². The summed E-state index contributed by atoms with van der Waals surface area (Å²) < 4.78 is 13.7. The second-order valence-corrected chi connectivity index (χ2v) is 8.65. The minimum absolute atomic E-state index is 0.00469. The number of carbonyl (C=O) groups excluding carboxylic acids is 2. The third-order valence-electron chi connectivity index (χ3n) is 5.09. The summed E-state index contributed by atoms with van der Waals surface area (Å²) in [6, 6.07) is 5.24. The number of thioether (sulfide) groups is 1. The van der Waals surface area contributed by atoms with E-state index in [1.165, 1.54) is 17.0 Å². The summed E-state index contributed by atoms with van der Waals surface area (Å²) in [4.78, 5) is 29.5. The lowest BCUT2D eigenvalue weighted by Gasteiger charge is -2.38. The molecule has 28 heavy (non-hydrogen) atoms. The number of aliphatic hydroxyl groups excluding tert-OH is 1. The zero-order valence-electron chi connectivity index (χ0n) is 15.6. The molecule has 0 bridgehead atoms. The zero-order valence-corrected chi connectivity index (χ0v) is 17.3. The van der Waals surface area contributed by atoms with Crippen molar-refractivity contribution in [1.29, 1.82) is 0 Å². The summed E-state index contributed by atoms with van der Waals surface area (Å²) in [5.41, 5.74) is 0.568. The molecule has 2 fully saturated rings. The van der Waals surface area contributed by atoms with Gasteiger partial charge in [0.25, 0.3) is 5.91 Å². The van der Waals surface area contributed by atoms with Crippen molar-refractivity contribution < 1.29 is 19.1 Å². The molecule has 3 rings (SSSR count). The predicted octanol–water partition coefficient (Wildman–Crippen LogP) is 3.18. The summed E-state index contributed by atoms with van der Waals surface area (Å²) in [6.45, 7) is 2.34. The lowest BCUT2D eigenvalue weighted by molar-refractivity contribution is -0.142. The maximum absolute atomic E-state index is 13.4. The van der Waals surface area contributed by atoms with Crippen LogP contribution in [0.1, 0.15) is 38.2 Å². The number of carbonyl (C=O) groups is 2. The Bertz CT molecular complexity index is 812. The smallest absolute Gasteiger partial charge is 0.266 e. The van der Waals surface area contributed by atoms with Crippen molar-refractivity contribution in [2.75, 3.05) is 13.2 Å². The molecule has 0 radical (unpaired) electrons. The minimum Gasteiger partial charge on any atom is -0.396 e. The van der Waals surface area contributed by atoms with Gasteiger partial charge in [0.05, 0.1) is 4.91 Å². The van der Waals surface area contributed by atoms with Gasteiger partial charge in [0.2, 0.25) is 5.91 Å². The molecule has 2 heterocycles. The van der Waals surface area contributed by atoms with Crippen LogP contribution < -0.4 is 0 Å². The Kier molecular flexibility index (Phi) is 6.85. The number of piperidine rings is 1. The predicted molar refractivity (Wildman–Crippen MR) is 112 cm³/mol. The van der Waals surface area contributed by atoms with Crippen molar-refractivity contribution in [3.8, 4) is 0 Å². The number of aliphatic hydroxyl groups is 1. The van der Waals surface area contributed by atoms with Gasteiger partial charge in [-0.3, -0.25) is 14.5 Å². The highest BCUT2D eigenvalue weighted by Crippen LogP contribution is 2.35. The number of nitrogens with zero attached hydrogens (tertiary/aromatic N) is 2. The number of halogens is 1. The van der Waals surface area contributed by atoms with E-state index < -0.39 is 6.04 Å². The molecular weight excluding hydrogens is 399 g/mol. The number of thiocarbonyl (C=S) groups is 1. The molecule has 0 unspecified atom stereocenters. The standard InChI is InChI=1S/C20H23FN2O3S2/c1-13(18(25)22-9-3-2-7-16(22)8-10-24)23-19(26)17(28-20(23)27)12-14-5-4-6-15(21)11-14/h4-6,11-13,16,24H,2-3,7-10H2,1H3/b17-12-/t13-,16-/m0/s1. The summed E-state index contributed by atoms with van der Waals surface area (Å²) in [5, 5.41) is 9.29. The molecule has 2 atom stereocenters. The monoisotopic (exact) mass is 422 g/mol. The summed E-state index contributed by atoms with van der Waals surface area (Å²) >= 11 is 6.48. The van der Waals surface area contributed by atoms with Gasteiger partial charge in [-0.05, 0) is 56.4 Å². The van der Waals surface area contributed by atoms with Crippen LogP contribution in [0.25, 0.3) is 6.08 Å². The highest BCUT2D eigenvalue weighted by Gasteiger charge is 2.40. The van der Waals surface area contributed by atoms with Crippen molar-refractivity contribution in [2.24, 2.45) is 0 Å². The second-order valence-electron chi connectivity index (χ2n) is 6.98. The molecule has 2 amide bonds. The van der Waals surface area contributed by atoms with E-state index in [2.05, 4.69) is 0 Å². The fraction of sp³-hybridized carbons (Fsp3) is 0.450. The SMILES string of the molecule is C[C@@H](C(=O)N1CCCC[C@H]1CCO)N1C(=O)/C(=C/c2cccc(F)c2)SC1=S. The normalized spacial score (nSPS) is 22.8. The van der Waals surface area contributed by atoms with Gasteiger partial charge in [-0.15, -0.1) is 0 Å². The first-order chi connectivity index (χ1) is 13.4. The molecule has 2 saturated heterocycles. The van der Waals surface area contributed by atoms with Gasteiger partial charge in [-0.25, -0.2) is 4.39 Å². The maximum Gasteiger partial charge on any atom is 0.266 e. The second kappa shape index (κ2) is 9.15. The number of likely N-dealkylation sites (tertiary alicyclic amines) is 1. The fourth-order valence-electron chi connectivity index (χ4n) is 3.65. The van der Waals surface area contributed by atoms with Crippen LogP contribution in [0.4, 0.5) is 4.39 Å². The van der Waals surface area contributed by atoms with Crippen molar-refractivity contribution in [2.45, 2.75) is 44.7 Å². The molecule has 8 heteroatoms. The van der Waals surface area contributed by atoms with Crippen LogP contribution in [0.15, 0.2) is 29.2 Å². The molecule has 1 aromatic carbocycles. The van der Waals surface area contributed by atoms with E-state index in [4.69, 9.17) is 12.2 Å². The molecule has 150 valence electrons. The van der Waals surface area contributed by atoms with Crippen LogP contribution in [0, 0.1) is 5.82 Å². The Hall–Kier alpha value is -1.77. The zero-order chi connectivity index (χ0) is 20.3. The molecule has 2 aliphatic heterocycles. The third kappa shape index (κ3) is 4.45. The molecule has 1 aromatic rings. The summed E-state index contributed by atoms with van der Waals surface area (Å²) in [7, 11) is 0. The molecular formula is C20H23FN2O3S2. The number of rotatable bonds is 5. The largest absolute Gasteiger partial charge is 0.396 e. The van der Waals surface area contributed by atoms with Crippen LogP contribution in [0.2, 0.25) is 0 Å². The molecule has 2 aliphatic rings. The first-order valence-corrected chi connectivity index (χ1v) is 10.6. The van der Waals surface area contributed by atoms with Gasteiger partial charge in [0, 0.05) is 19.2 Å². The van der Waals surface area contributed by atoms with Crippen LogP contribution in [0.3, 0.4) is 0 Å². The van der Waals surface area contributed by atoms with E-state index in [1.807, 2.05) is 0 Å². The maximum atomic E-state index is 13.4. The van der Waals surface area contributed by atoms with E-state index in [-0.39, 0.29) is 30.3 Å². The number of hydrogen-bond donors (Lipinski definition) is 1. The Morgan fingerprint density at radius 3 is 2.96 bits per heavy atom. The van der Waals surface area contributed by atoms with E-state index in [0.29, 0.717) is 27.8 Å². The molecule has 0 saturated carbocycles. The van der Waals surface area contributed by atoms with Crippen LogP contribution in [-0.2, 0) is 9.59 Å². The Morgan fingerprint density at radius 1 is 1.46 bits per heavy atom. The van der Waals surface area contributed by atoms with E-state index in [0.717, 1.165) is 31.0 Å². The number of hydrogen-bond acceptors (Lipinski definition) is 5. The van der Waals surface area contributed by atoms with Crippen molar-refractivity contribution in [1.82, 2.24) is 9.80 Å². The van der Waals surface area contributed by atoms with Crippen molar-refractivity contribution in [3.05, 3.63) is 40.6 Å². The van der Waals surface area contributed by atoms with Gasteiger partial charge in [0.15, 0.2) is 0 Å². The fourth-order valence-corrected chi connectivity index (χ4v) is 5.07.